The van der Waals surface area contributed by atoms with Crippen molar-refractivity contribution in [2.75, 3.05) is 19.0 Å². The van der Waals surface area contributed by atoms with Gasteiger partial charge in [0.1, 0.15) is 5.82 Å². The number of methoxy groups -OCH3 is 1. The van der Waals surface area contributed by atoms with E-state index in [-0.39, 0.29) is 23.8 Å². The lowest BCUT2D eigenvalue weighted by Gasteiger charge is -2.10. The summed E-state index contributed by atoms with van der Waals surface area (Å²) in [4.78, 5) is 24.1. The van der Waals surface area contributed by atoms with Gasteiger partial charge >= 0.3 is 5.97 Å². The fourth-order valence-electron chi connectivity index (χ4n) is 2.55. The van der Waals surface area contributed by atoms with Crippen LogP contribution >= 0.6 is 0 Å². The molecule has 0 aliphatic heterocycles. The maximum absolute atomic E-state index is 13.0. The highest BCUT2D eigenvalue weighted by molar-refractivity contribution is 5.91. The Balaban J connectivity index is 1.56. The van der Waals surface area contributed by atoms with Crippen molar-refractivity contribution < 1.29 is 23.5 Å². The first-order valence-electron chi connectivity index (χ1n) is 9.32. The molecule has 0 saturated carbocycles. The molecule has 0 aliphatic carbocycles. The van der Waals surface area contributed by atoms with Gasteiger partial charge < -0.3 is 14.8 Å². The monoisotopic (exact) mass is 421 g/mol. The summed E-state index contributed by atoms with van der Waals surface area (Å²) in [6.07, 6.45) is 1.44. The minimum Gasteiger partial charge on any atom is -0.493 e. The van der Waals surface area contributed by atoms with Gasteiger partial charge in [-0.15, -0.1) is 0 Å². The third-order valence-electron chi connectivity index (χ3n) is 4.10. The van der Waals surface area contributed by atoms with E-state index in [0.717, 1.165) is 5.69 Å². The van der Waals surface area contributed by atoms with Gasteiger partial charge in [-0.05, 0) is 60.2 Å². The number of anilines is 1. The van der Waals surface area contributed by atoms with Gasteiger partial charge in [0.25, 0.3) is 5.91 Å². The number of para-hydroxylation sites is 1. The summed E-state index contributed by atoms with van der Waals surface area (Å²) in [6, 6.07) is 19.1. The van der Waals surface area contributed by atoms with E-state index in [4.69, 9.17) is 9.47 Å². The first kappa shape index (κ1) is 21.5. The Morgan fingerprint density at radius 3 is 2.45 bits per heavy atom. The zero-order valence-electron chi connectivity index (χ0n) is 16.7. The van der Waals surface area contributed by atoms with E-state index >= 15 is 0 Å². The van der Waals surface area contributed by atoms with Crippen LogP contribution in [0.3, 0.4) is 0 Å². The summed E-state index contributed by atoms with van der Waals surface area (Å²) in [5.41, 5.74) is 4.08. The molecular formula is C23H20FN3O4. The smallest absolute Gasteiger partial charge is 0.343 e. The van der Waals surface area contributed by atoms with E-state index in [9.17, 15) is 14.0 Å². The van der Waals surface area contributed by atoms with Crippen molar-refractivity contribution in [2.45, 2.75) is 0 Å². The number of rotatable bonds is 8. The number of nitrogens with zero attached hydrogens (tertiary/aromatic N) is 1. The Morgan fingerprint density at radius 1 is 1.00 bits per heavy atom. The summed E-state index contributed by atoms with van der Waals surface area (Å²) in [5, 5.41) is 6.89. The Kier molecular flexibility index (Phi) is 7.31. The molecule has 8 heteroatoms. The summed E-state index contributed by atoms with van der Waals surface area (Å²) in [6.45, 7) is 0.0724. The fourth-order valence-corrected chi connectivity index (χ4v) is 2.55. The molecule has 1 amide bonds. The van der Waals surface area contributed by atoms with Crippen molar-refractivity contribution in [2.24, 2.45) is 5.10 Å². The number of carbonyl (C=O) groups excluding carboxylic acids is 2. The second kappa shape index (κ2) is 10.5. The van der Waals surface area contributed by atoms with Crippen molar-refractivity contribution in [3.05, 3.63) is 89.7 Å². The molecule has 0 bridgehead atoms. The molecule has 0 fully saturated rings. The zero-order valence-corrected chi connectivity index (χ0v) is 16.7. The van der Waals surface area contributed by atoms with Crippen LogP contribution in [-0.4, -0.2) is 31.7 Å². The lowest BCUT2D eigenvalue weighted by Crippen LogP contribution is -2.25. The highest BCUT2D eigenvalue weighted by atomic mass is 19.1. The van der Waals surface area contributed by atoms with Crippen LogP contribution in [0.15, 0.2) is 77.9 Å². The molecule has 31 heavy (non-hydrogen) atoms. The van der Waals surface area contributed by atoms with Crippen LogP contribution in [-0.2, 0) is 4.79 Å². The van der Waals surface area contributed by atoms with E-state index in [1.807, 2.05) is 30.3 Å². The average Bonchev–Trinajstić information content (AvgIpc) is 2.79. The first-order chi connectivity index (χ1) is 15.0. The largest absolute Gasteiger partial charge is 0.493 e. The van der Waals surface area contributed by atoms with Crippen LogP contribution in [0.4, 0.5) is 10.1 Å². The second-order valence-corrected chi connectivity index (χ2v) is 6.32. The molecule has 0 spiro atoms. The first-order valence-corrected chi connectivity index (χ1v) is 9.32. The molecule has 3 rings (SSSR count). The van der Waals surface area contributed by atoms with Crippen molar-refractivity contribution in [1.82, 2.24) is 5.43 Å². The number of hydrogen-bond acceptors (Lipinski definition) is 6. The number of hydrogen-bond donors (Lipinski definition) is 2. The zero-order chi connectivity index (χ0) is 22.1. The van der Waals surface area contributed by atoms with Crippen LogP contribution in [0.5, 0.6) is 11.5 Å². The number of hydrazone groups is 1. The van der Waals surface area contributed by atoms with E-state index in [1.165, 1.54) is 37.6 Å². The minimum absolute atomic E-state index is 0.0724. The summed E-state index contributed by atoms with van der Waals surface area (Å²) >= 11 is 0. The molecule has 2 N–H and O–H groups in total. The van der Waals surface area contributed by atoms with Gasteiger partial charge in [-0.1, -0.05) is 18.2 Å². The van der Waals surface area contributed by atoms with Crippen molar-refractivity contribution in [1.29, 1.82) is 0 Å². The van der Waals surface area contributed by atoms with Gasteiger partial charge in [0.15, 0.2) is 11.5 Å². The fraction of sp³-hybridized carbons (Fsp3) is 0.0870. The van der Waals surface area contributed by atoms with Crippen LogP contribution in [0, 0.1) is 5.82 Å². The number of carbonyl (C=O) groups is 2. The molecule has 0 aromatic heterocycles. The molecule has 0 radical (unpaired) electrons. The number of benzene rings is 3. The van der Waals surface area contributed by atoms with Gasteiger partial charge in [0, 0.05) is 5.69 Å². The van der Waals surface area contributed by atoms with E-state index < -0.39 is 11.8 Å². The van der Waals surface area contributed by atoms with Crippen molar-refractivity contribution >= 4 is 23.8 Å². The Morgan fingerprint density at radius 2 is 1.74 bits per heavy atom. The number of ether oxygens (including phenoxy) is 2. The third-order valence-corrected chi connectivity index (χ3v) is 4.10. The Hall–Kier alpha value is -4.20. The predicted molar refractivity (Wildman–Crippen MR) is 115 cm³/mol. The molecule has 0 unspecified atom stereocenters. The highest BCUT2D eigenvalue weighted by Crippen LogP contribution is 2.28. The second-order valence-electron chi connectivity index (χ2n) is 6.32. The Bertz CT molecular complexity index is 1070. The predicted octanol–water partition coefficient (Wildman–Crippen LogP) is 3.62. The quantitative estimate of drug-likeness (QED) is 0.251. The van der Waals surface area contributed by atoms with Crippen LogP contribution < -0.4 is 20.2 Å². The van der Waals surface area contributed by atoms with Crippen LogP contribution in [0.1, 0.15) is 15.9 Å². The molecule has 0 atom stereocenters. The maximum Gasteiger partial charge on any atom is 0.343 e. The van der Waals surface area contributed by atoms with E-state index in [2.05, 4.69) is 15.8 Å². The highest BCUT2D eigenvalue weighted by Gasteiger charge is 2.13. The SMILES string of the molecule is COc1cc(/C=N\NC(=O)CNc2ccccc2)ccc1OC(=O)c1ccc(F)cc1. The van der Waals surface area contributed by atoms with Gasteiger partial charge in [0.2, 0.25) is 0 Å². The number of esters is 1. The summed E-state index contributed by atoms with van der Waals surface area (Å²) in [7, 11) is 1.43. The summed E-state index contributed by atoms with van der Waals surface area (Å²) < 4.78 is 23.6. The number of amides is 1. The van der Waals surface area contributed by atoms with Gasteiger partial charge in [0.05, 0.1) is 25.4 Å². The standard InChI is InChI=1S/C23H20FN3O4/c1-30-21-13-16(14-26-27-22(28)15-25-19-5-3-2-4-6-19)7-12-20(21)31-23(29)17-8-10-18(24)11-9-17/h2-14,25H,15H2,1H3,(H,27,28)/b26-14-. The Labute approximate surface area is 178 Å². The van der Waals surface area contributed by atoms with Gasteiger partial charge in [-0.2, -0.15) is 5.10 Å². The molecule has 0 aliphatic rings. The molecule has 158 valence electrons. The minimum atomic E-state index is -0.641. The molecule has 0 heterocycles. The normalized spacial score (nSPS) is 10.5. The lowest BCUT2D eigenvalue weighted by atomic mass is 10.2. The van der Waals surface area contributed by atoms with Gasteiger partial charge in [-0.3, -0.25) is 4.79 Å². The average molecular weight is 421 g/mol. The van der Waals surface area contributed by atoms with Crippen molar-refractivity contribution in [3.63, 3.8) is 0 Å². The van der Waals surface area contributed by atoms with E-state index in [0.29, 0.717) is 11.3 Å². The summed E-state index contributed by atoms with van der Waals surface area (Å²) in [5.74, 6) is -0.892. The topological polar surface area (TPSA) is 89.0 Å². The lowest BCUT2D eigenvalue weighted by molar-refractivity contribution is -0.119. The third kappa shape index (κ3) is 6.40. The molecular weight excluding hydrogens is 401 g/mol. The van der Waals surface area contributed by atoms with Crippen LogP contribution in [0.2, 0.25) is 0 Å². The molecule has 7 nitrogen and oxygen atoms in total. The van der Waals surface area contributed by atoms with Gasteiger partial charge in [-0.25, -0.2) is 14.6 Å². The molecule has 3 aromatic rings. The molecule has 3 aromatic carbocycles. The number of halogens is 1. The van der Waals surface area contributed by atoms with Crippen LogP contribution in [0.25, 0.3) is 0 Å². The van der Waals surface area contributed by atoms with Crippen molar-refractivity contribution in [3.8, 4) is 11.5 Å². The molecule has 0 saturated heterocycles. The number of nitrogens with one attached hydrogen (secondary N) is 2. The van der Waals surface area contributed by atoms with E-state index in [1.54, 1.807) is 18.2 Å². The maximum atomic E-state index is 13.0.